The van der Waals surface area contributed by atoms with Crippen LogP contribution < -0.4 is 0 Å². The van der Waals surface area contributed by atoms with Crippen LogP contribution in [0, 0.1) is 5.92 Å². The SMILES string of the molecule is CSC1=NCC2=CC=C(F)[C@H]3ON=C1[C@@H]23. The molecule has 1 aliphatic carbocycles. The molecule has 0 N–H and O–H groups in total. The van der Waals surface area contributed by atoms with Crippen LogP contribution in [0.15, 0.2) is 33.7 Å². The Morgan fingerprint density at radius 2 is 2.40 bits per heavy atom. The molecule has 5 heteroatoms. The highest BCUT2D eigenvalue weighted by Crippen LogP contribution is 2.38. The van der Waals surface area contributed by atoms with E-state index >= 15 is 0 Å². The normalized spacial score (nSPS) is 32.1. The Hall–Kier alpha value is -1.10. The van der Waals surface area contributed by atoms with Gasteiger partial charge in [0.2, 0.25) is 0 Å². The number of hydrogen-bond acceptors (Lipinski definition) is 4. The second-order valence-corrected chi connectivity index (χ2v) is 4.39. The molecule has 0 radical (unpaired) electrons. The highest BCUT2D eigenvalue weighted by molar-refractivity contribution is 8.15. The minimum absolute atomic E-state index is 0.0463. The van der Waals surface area contributed by atoms with Crippen molar-refractivity contribution in [3.63, 3.8) is 0 Å². The Morgan fingerprint density at radius 3 is 3.20 bits per heavy atom. The molecule has 78 valence electrons. The molecule has 0 unspecified atom stereocenters. The van der Waals surface area contributed by atoms with Crippen LogP contribution in [0.4, 0.5) is 4.39 Å². The molecule has 0 amide bonds. The van der Waals surface area contributed by atoms with E-state index in [1.165, 1.54) is 17.8 Å². The Labute approximate surface area is 90.8 Å². The maximum Gasteiger partial charge on any atom is 0.190 e. The summed E-state index contributed by atoms with van der Waals surface area (Å²) in [7, 11) is 0. The van der Waals surface area contributed by atoms with Crippen molar-refractivity contribution in [3.8, 4) is 0 Å². The summed E-state index contributed by atoms with van der Waals surface area (Å²) in [6.07, 6.45) is 4.64. The number of allylic oxidation sites excluding steroid dienone is 2. The minimum atomic E-state index is -0.544. The summed E-state index contributed by atoms with van der Waals surface area (Å²) < 4.78 is 13.4. The number of oxime groups is 1. The summed E-state index contributed by atoms with van der Waals surface area (Å²) in [5.41, 5.74) is 1.88. The van der Waals surface area contributed by atoms with E-state index in [1.54, 1.807) is 6.08 Å². The van der Waals surface area contributed by atoms with Crippen LogP contribution in [-0.4, -0.2) is 29.7 Å². The zero-order valence-corrected chi connectivity index (χ0v) is 8.92. The lowest BCUT2D eigenvalue weighted by atomic mass is 9.84. The first-order valence-corrected chi connectivity index (χ1v) is 5.92. The van der Waals surface area contributed by atoms with Gasteiger partial charge in [0.25, 0.3) is 0 Å². The molecule has 3 rings (SSSR count). The molecule has 0 bridgehead atoms. The fraction of sp³-hybridized carbons (Fsp3) is 0.400. The van der Waals surface area contributed by atoms with E-state index in [0.717, 1.165) is 16.3 Å². The number of rotatable bonds is 0. The summed E-state index contributed by atoms with van der Waals surface area (Å²) >= 11 is 1.53. The molecule has 2 heterocycles. The first kappa shape index (κ1) is 9.15. The predicted octanol–water partition coefficient (Wildman–Crippen LogP) is 1.93. The molecule has 0 saturated heterocycles. The summed E-state index contributed by atoms with van der Waals surface area (Å²) in [5, 5.41) is 4.82. The lowest BCUT2D eigenvalue weighted by molar-refractivity contribution is 0.0772. The lowest BCUT2D eigenvalue weighted by Gasteiger charge is -2.26. The summed E-state index contributed by atoms with van der Waals surface area (Å²) in [4.78, 5) is 9.51. The van der Waals surface area contributed by atoms with Crippen molar-refractivity contribution in [2.45, 2.75) is 6.10 Å². The van der Waals surface area contributed by atoms with E-state index in [1.807, 2.05) is 6.26 Å². The van der Waals surface area contributed by atoms with Crippen LogP contribution in [0.3, 0.4) is 0 Å². The molecule has 3 aliphatic rings. The van der Waals surface area contributed by atoms with Gasteiger partial charge in [-0.1, -0.05) is 11.2 Å². The second-order valence-electron chi connectivity index (χ2n) is 3.60. The molecule has 0 saturated carbocycles. The number of aliphatic imine (C=N–C) groups is 1. The molecule has 3 nitrogen and oxygen atoms in total. The monoisotopic (exact) mass is 224 g/mol. The molecule has 0 aromatic rings. The lowest BCUT2D eigenvalue weighted by Crippen LogP contribution is -2.35. The molecular weight excluding hydrogens is 215 g/mol. The Bertz CT molecular complexity index is 439. The maximum absolute atomic E-state index is 13.4. The van der Waals surface area contributed by atoms with Gasteiger partial charge in [-0.2, -0.15) is 0 Å². The highest BCUT2D eigenvalue weighted by Gasteiger charge is 2.44. The standard InChI is InChI=1S/C10H9FN2OS/c1-15-10-8-7-5(4-12-10)2-3-6(11)9(7)14-13-8/h2-3,7,9H,4H2,1H3/t7-,9-/m1/s1. The van der Waals surface area contributed by atoms with Crippen molar-refractivity contribution in [1.29, 1.82) is 0 Å². The maximum atomic E-state index is 13.4. The molecule has 2 aliphatic heterocycles. The van der Waals surface area contributed by atoms with E-state index in [9.17, 15) is 4.39 Å². The van der Waals surface area contributed by atoms with Crippen molar-refractivity contribution >= 4 is 22.5 Å². The molecule has 15 heavy (non-hydrogen) atoms. The highest BCUT2D eigenvalue weighted by atomic mass is 32.2. The van der Waals surface area contributed by atoms with Crippen LogP contribution >= 0.6 is 11.8 Å². The zero-order valence-electron chi connectivity index (χ0n) is 8.11. The van der Waals surface area contributed by atoms with Gasteiger partial charge >= 0.3 is 0 Å². The first-order chi connectivity index (χ1) is 7.31. The summed E-state index contributed by atoms with van der Waals surface area (Å²) in [6.45, 7) is 0.628. The predicted molar refractivity (Wildman–Crippen MR) is 58.9 cm³/mol. The van der Waals surface area contributed by atoms with Gasteiger partial charge in [0.1, 0.15) is 16.6 Å². The Balaban J connectivity index is 2.07. The number of thioether (sulfide) groups is 1. The van der Waals surface area contributed by atoms with Crippen LogP contribution in [0.2, 0.25) is 0 Å². The van der Waals surface area contributed by atoms with Gasteiger partial charge in [-0.05, 0) is 17.9 Å². The number of hydrogen-bond donors (Lipinski definition) is 0. The van der Waals surface area contributed by atoms with Gasteiger partial charge in [0, 0.05) is 0 Å². The van der Waals surface area contributed by atoms with E-state index in [0.29, 0.717) is 6.54 Å². The average Bonchev–Trinajstić information content (AvgIpc) is 2.70. The molecule has 2 atom stereocenters. The van der Waals surface area contributed by atoms with E-state index in [-0.39, 0.29) is 11.7 Å². The third-order valence-electron chi connectivity index (χ3n) is 2.81. The van der Waals surface area contributed by atoms with E-state index < -0.39 is 6.10 Å². The Morgan fingerprint density at radius 1 is 1.53 bits per heavy atom. The molecule has 0 spiro atoms. The third-order valence-corrected chi connectivity index (χ3v) is 3.53. The second kappa shape index (κ2) is 3.20. The Kier molecular flexibility index (Phi) is 1.95. The van der Waals surface area contributed by atoms with Gasteiger partial charge in [0.15, 0.2) is 6.10 Å². The van der Waals surface area contributed by atoms with Gasteiger partial charge in [-0.15, -0.1) is 11.8 Å². The van der Waals surface area contributed by atoms with Crippen LogP contribution in [0.5, 0.6) is 0 Å². The third kappa shape index (κ3) is 1.19. The minimum Gasteiger partial charge on any atom is -0.384 e. The van der Waals surface area contributed by atoms with Gasteiger partial charge in [-0.3, -0.25) is 4.99 Å². The molecule has 0 fully saturated rings. The number of nitrogens with zero attached hydrogens (tertiary/aromatic N) is 2. The topological polar surface area (TPSA) is 34.0 Å². The van der Waals surface area contributed by atoms with Gasteiger partial charge < -0.3 is 4.84 Å². The molecule has 0 aromatic carbocycles. The summed E-state index contributed by atoms with van der Waals surface area (Å²) in [5.74, 6) is -0.292. The van der Waals surface area contributed by atoms with Crippen molar-refractivity contribution in [2.24, 2.45) is 16.1 Å². The fourth-order valence-corrected chi connectivity index (χ4v) is 2.64. The molecule has 0 aromatic heterocycles. The average molecular weight is 224 g/mol. The van der Waals surface area contributed by atoms with Crippen LogP contribution in [0.1, 0.15) is 0 Å². The zero-order chi connectivity index (χ0) is 10.4. The van der Waals surface area contributed by atoms with E-state index in [2.05, 4.69) is 10.1 Å². The summed E-state index contributed by atoms with van der Waals surface area (Å²) in [6, 6.07) is 0. The number of halogens is 1. The van der Waals surface area contributed by atoms with Crippen molar-refractivity contribution in [3.05, 3.63) is 23.6 Å². The molecular formula is C10H9FN2OS. The van der Waals surface area contributed by atoms with Crippen molar-refractivity contribution in [1.82, 2.24) is 0 Å². The largest absolute Gasteiger partial charge is 0.384 e. The smallest absolute Gasteiger partial charge is 0.190 e. The van der Waals surface area contributed by atoms with Crippen molar-refractivity contribution in [2.75, 3.05) is 12.8 Å². The fourth-order valence-electron chi connectivity index (χ4n) is 2.08. The van der Waals surface area contributed by atoms with Crippen LogP contribution in [-0.2, 0) is 4.84 Å². The van der Waals surface area contributed by atoms with Gasteiger partial charge in [-0.25, -0.2) is 4.39 Å². The van der Waals surface area contributed by atoms with Crippen molar-refractivity contribution < 1.29 is 9.23 Å². The first-order valence-electron chi connectivity index (χ1n) is 4.70. The van der Waals surface area contributed by atoms with Crippen LogP contribution in [0.25, 0.3) is 0 Å². The quantitative estimate of drug-likeness (QED) is 0.630. The van der Waals surface area contributed by atoms with E-state index in [4.69, 9.17) is 4.84 Å². The van der Waals surface area contributed by atoms with Gasteiger partial charge in [0.05, 0.1) is 12.5 Å².